The van der Waals surface area contributed by atoms with Gasteiger partial charge in [0.25, 0.3) is 0 Å². The van der Waals surface area contributed by atoms with Gasteiger partial charge in [-0.05, 0) is 108 Å². The summed E-state index contributed by atoms with van der Waals surface area (Å²) in [6, 6.07) is 64.2. The van der Waals surface area contributed by atoms with Crippen molar-refractivity contribution in [2.24, 2.45) is 0 Å². The van der Waals surface area contributed by atoms with Crippen molar-refractivity contribution in [2.75, 3.05) is 0 Å². The van der Waals surface area contributed by atoms with Gasteiger partial charge in [-0.2, -0.15) is 0 Å². The molecule has 3 aromatic heterocycles. The van der Waals surface area contributed by atoms with Gasteiger partial charge >= 0.3 is 0 Å². The Morgan fingerprint density at radius 2 is 0.982 bits per heavy atom. The molecule has 0 bridgehead atoms. The van der Waals surface area contributed by atoms with E-state index in [4.69, 9.17) is 4.42 Å². The first kappa shape index (κ1) is 31.7. The zero-order chi connectivity index (χ0) is 36.5. The standard InChI is InChI=1S/C52H38N2O/c1-2-3-12-34-21-30-51-46(31-34)43-18-11-17-40(52(43)55-51)35-22-26-39(27-23-35)54-48-20-10-8-16-42(48)45-33-37(25-29-50(45)54)36-24-28-49-44(32-36)41-15-7-9-19-47(41)53(49)38-13-5-4-6-14-38/h4-11,13-33H,2-3,12H2,1H3. The number of nitrogens with zero attached hydrogens (tertiary/aromatic N) is 2. The summed E-state index contributed by atoms with van der Waals surface area (Å²) < 4.78 is 11.3. The Morgan fingerprint density at radius 1 is 0.418 bits per heavy atom. The van der Waals surface area contributed by atoms with Gasteiger partial charge < -0.3 is 13.6 Å². The van der Waals surface area contributed by atoms with Gasteiger partial charge in [-0.1, -0.05) is 116 Å². The molecule has 3 heterocycles. The highest BCUT2D eigenvalue weighted by atomic mass is 16.3. The van der Waals surface area contributed by atoms with Gasteiger partial charge in [-0.3, -0.25) is 0 Å². The second kappa shape index (κ2) is 12.6. The van der Waals surface area contributed by atoms with Crippen molar-refractivity contribution in [1.29, 1.82) is 0 Å². The van der Waals surface area contributed by atoms with Crippen molar-refractivity contribution in [3.05, 3.63) is 181 Å². The normalized spacial score (nSPS) is 11.9. The lowest BCUT2D eigenvalue weighted by atomic mass is 10.0. The van der Waals surface area contributed by atoms with Crippen LogP contribution in [0.4, 0.5) is 0 Å². The van der Waals surface area contributed by atoms with Gasteiger partial charge in [0.05, 0.1) is 22.1 Å². The second-order valence-electron chi connectivity index (χ2n) is 14.8. The third-order valence-electron chi connectivity index (χ3n) is 11.5. The summed E-state index contributed by atoms with van der Waals surface area (Å²) in [6.45, 7) is 2.25. The Balaban J connectivity index is 0.999. The van der Waals surface area contributed by atoms with E-state index < -0.39 is 0 Å². The molecule has 0 aliphatic rings. The van der Waals surface area contributed by atoms with Crippen molar-refractivity contribution in [3.63, 3.8) is 0 Å². The van der Waals surface area contributed by atoms with Crippen LogP contribution < -0.4 is 0 Å². The number of rotatable bonds is 7. The van der Waals surface area contributed by atoms with E-state index in [1.807, 2.05) is 0 Å². The summed E-state index contributed by atoms with van der Waals surface area (Å²) >= 11 is 0. The summed E-state index contributed by atoms with van der Waals surface area (Å²) in [7, 11) is 0. The molecular formula is C52H38N2O. The van der Waals surface area contributed by atoms with E-state index in [1.165, 1.54) is 89.6 Å². The van der Waals surface area contributed by atoms with Gasteiger partial charge in [0.15, 0.2) is 0 Å². The molecule has 11 rings (SSSR count). The number of unbranched alkanes of at least 4 members (excludes halogenated alkanes) is 1. The summed E-state index contributed by atoms with van der Waals surface area (Å²) in [5.41, 5.74) is 15.1. The molecule has 8 aromatic carbocycles. The highest BCUT2D eigenvalue weighted by Gasteiger charge is 2.17. The molecule has 0 atom stereocenters. The van der Waals surface area contributed by atoms with Crippen molar-refractivity contribution in [2.45, 2.75) is 26.2 Å². The van der Waals surface area contributed by atoms with Gasteiger partial charge in [-0.25, -0.2) is 0 Å². The molecule has 0 spiro atoms. The number of aromatic nitrogens is 2. The fourth-order valence-corrected chi connectivity index (χ4v) is 8.84. The molecule has 11 aromatic rings. The average Bonchev–Trinajstić information content (AvgIpc) is 3.90. The highest BCUT2D eigenvalue weighted by Crippen LogP contribution is 2.40. The number of para-hydroxylation sites is 4. The minimum absolute atomic E-state index is 0.947. The number of hydrogen-bond donors (Lipinski definition) is 0. The molecule has 0 radical (unpaired) electrons. The number of fused-ring (bicyclic) bond motifs is 9. The largest absolute Gasteiger partial charge is 0.455 e. The number of furan rings is 1. The SMILES string of the molecule is CCCCc1ccc2oc3c(-c4ccc(-n5c6ccccc6c6cc(-c7ccc8c(c7)c7ccccc7n8-c7ccccc7)ccc65)cc4)cccc3c2c1. The zero-order valence-electron chi connectivity index (χ0n) is 30.7. The van der Waals surface area contributed by atoms with E-state index in [-0.39, 0.29) is 0 Å². The number of benzene rings is 8. The zero-order valence-corrected chi connectivity index (χ0v) is 30.7. The van der Waals surface area contributed by atoms with Crippen LogP contribution in [0, 0.1) is 0 Å². The lowest BCUT2D eigenvalue weighted by Crippen LogP contribution is -1.94. The van der Waals surface area contributed by atoms with Crippen LogP contribution in [-0.2, 0) is 6.42 Å². The molecule has 55 heavy (non-hydrogen) atoms. The second-order valence-corrected chi connectivity index (χ2v) is 14.8. The molecule has 0 fully saturated rings. The lowest BCUT2D eigenvalue weighted by molar-refractivity contribution is 0.669. The van der Waals surface area contributed by atoms with Gasteiger partial charge in [-0.15, -0.1) is 0 Å². The molecular weight excluding hydrogens is 669 g/mol. The van der Waals surface area contributed by atoms with Crippen molar-refractivity contribution >= 4 is 65.6 Å². The molecule has 262 valence electrons. The first-order valence-electron chi connectivity index (χ1n) is 19.4. The first-order chi connectivity index (χ1) is 27.2. The summed E-state index contributed by atoms with van der Waals surface area (Å²) in [5, 5.41) is 7.39. The Bertz CT molecular complexity index is 3230. The summed E-state index contributed by atoms with van der Waals surface area (Å²) in [6.07, 6.45) is 3.49. The van der Waals surface area contributed by atoms with E-state index in [2.05, 4.69) is 192 Å². The van der Waals surface area contributed by atoms with E-state index in [0.717, 1.165) is 34.4 Å². The van der Waals surface area contributed by atoms with Crippen LogP contribution in [0.1, 0.15) is 25.3 Å². The van der Waals surface area contributed by atoms with E-state index >= 15 is 0 Å². The molecule has 0 saturated carbocycles. The van der Waals surface area contributed by atoms with Crippen molar-refractivity contribution < 1.29 is 4.42 Å². The minimum Gasteiger partial charge on any atom is -0.455 e. The molecule has 3 heteroatoms. The van der Waals surface area contributed by atoms with Crippen LogP contribution in [0.5, 0.6) is 0 Å². The maximum atomic E-state index is 6.52. The third-order valence-corrected chi connectivity index (χ3v) is 11.5. The first-order valence-corrected chi connectivity index (χ1v) is 19.4. The summed E-state index contributed by atoms with van der Waals surface area (Å²) in [5.74, 6) is 0. The number of hydrogen-bond acceptors (Lipinski definition) is 1. The molecule has 0 amide bonds. The maximum Gasteiger partial charge on any atom is 0.143 e. The van der Waals surface area contributed by atoms with Crippen LogP contribution in [0.15, 0.2) is 180 Å². The molecule has 0 aliphatic carbocycles. The fraction of sp³-hybridized carbons (Fsp3) is 0.0769. The topological polar surface area (TPSA) is 23.0 Å². The van der Waals surface area contributed by atoms with Crippen LogP contribution in [0.2, 0.25) is 0 Å². The van der Waals surface area contributed by atoms with Crippen LogP contribution >= 0.6 is 0 Å². The maximum absolute atomic E-state index is 6.52. The van der Waals surface area contributed by atoms with Gasteiger partial charge in [0.1, 0.15) is 11.2 Å². The molecule has 0 aliphatic heterocycles. The smallest absolute Gasteiger partial charge is 0.143 e. The molecule has 0 unspecified atom stereocenters. The Kier molecular flexibility index (Phi) is 7.28. The van der Waals surface area contributed by atoms with Gasteiger partial charge in [0.2, 0.25) is 0 Å². The monoisotopic (exact) mass is 706 g/mol. The van der Waals surface area contributed by atoms with E-state index in [9.17, 15) is 0 Å². The Labute approximate surface area is 319 Å². The molecule has 3 nitrogen and oxygen atoms in total. The fourth-order valence-electron chi connectivity index (χ4n) is 8.84. The minimum atomic E-state index is 0.947. The predicted octanol–water partition coefficient (Wildman–Crippen LogP) is 14.5. The van der Waals surface area contributed by atoms with Crippen molar-refractivity contribution in [3.8, 4) is 33.6 Å². The predicted molar refractivity (Wildman–Crippen MR) is 232 cm³/mol. The average molecular weight is 707 g/mol. The van der Waals surface area contributed by atoms with Crippen LogP contribution in [0.25, 0.3) is 99.2 Å². The van der Waals surface area contributed by atoms with Gasteiger partial charge in [0, 0.05) is 49.3 Å². The number of aryl methyl sites for hydroxylation is 1. The van der Waals surface area contributed by atoms with Crippen LogP contribution in [-0.4, -0.2) is 9.13 Å². The summed E-state index contributed by atoms with van der Waals surface area (Å²) in [4.78, 5) is 0. The molecule has 0 saturated heterocycles. The Morgan fingerprint density at radius 3 is 1.64 bits per heavy atom. The Hall–Kier alpha value is -6.84. The third kappa shape index (κ3) is 5.04. The molecule has 0 N–H and O–H groups in total. The van der Waals surface area contributed by atoms with E-state index in [1.54, 1.807) is 0 Å². The van der Waals surface area contributed by atoms with Crippen molar-refractivity contribution in [1.82, 2.24) is 9.13 Å². The highest BCUT2D eigenvalue weighted by molar-refractivity contribution is 6.13. The lowest BCUT2D eigenvalue weighted by Gasteiger charge is -2.10. The quantitative estimate of drug-likeness (QED) is 0.162. The van der Waals surface area contributed by atoms with Crippen LogP contribution in [0.3, 0.4) is 0 Å². The van der Waals surface area contributed by atoms with E-state index in [0.29, 0.717) is 0 Å².